The van der Waals surface area contributed by atoms with Gasteiger partial charge < -0.3 is 20.1 Å². The molecule has 2 N–H and O–H groups in total. The number of amides is 2. The molecule has 2 aliphatic rings. The number of rotatable bonds is 4. The van der Waals surface area contributed by atoms with Gasteiger partial charge in [-0.05, 0) is 26.2 Å². The fourth-order valence-electron chi connectivity index (χ4n) is 2.53. The van der Waals surface area contributed by atoms with Gasteiger partial charge in [0.15, 0.2) is 0 Å². The van der Waals surface area contributed by atoms with Gasteiger partial charge in [-0.1, -0.05) is 0 Å². The molecule has 3 atom stereocenters. The Kier molecular flexibility index (Phi) is 3.51. The first-order valence-corrected chi connectivity index (χ1v) is 6.02. The molecule has 96 valence electrons. The summed E-state index contributed by atoms with van der Waals surface area (Å²) in [5.41, 5.74) is 0. The molecule has 17 heavy (non-hydrogen) atoms. The summed E-state index contributed by atoms with van der Waals surface area (Å²) in [4.78, 5) is 23.7. The van der Waals surface area contributed by atoms with Crippen LogP contribution >= 0.6 is 0 Å². The van der Waals surface area contributed by atoms with Gasteiger partial charge in [0.2, 0.25) is 0 Å². The van der Waals surface area contributed by atoms with Gasteiger partial charge in [0.05, 0.1) is 18.2 Å². The number of likely N-dealkylation sites (N-methyl/N-ethyl adjacent to an activating group) is 1. The average molecular weight is 242 g/mol. The van der Waals surface area contributed by atoms with Crippen molar-refractivity contribution in [1.82, 2.24) is 10.2 Å². The van der Waals surface area contributed by atoms with E-state index in [1.165, 1.54) is 4.90 Å². The predicted molar refractivity (Wildman–Crippen MR) is 59.7 cm³/mol. The summed E-state index contributed by atoms with van der Waals surface area (Å²) in [6.45, 7) is 1.89. The third-order valence-corrected chi connectivity index (χ3v) is 3.41. The van der Waals surface area contributed by atoms with Crippen LogP contribution in [0.5, 0.6) is 0 Å². The summed E-state index contributed by atoms with van der Waals surface area (Å²) < 4.78 is 5.63. The van der Waals surface area contributed by atoms with Gasteiger partial charge in [-0.25, -0.2) is 4.79 Å². The molecule has 2 heterocycles. The number of carboxylic acid groups (broad SMARTS) is 1. The zero-order valence-electron chi connectivity index (χ0n) is 9.89. The van der Waals surface area contributed by atoms with Gasteiger partial charge >= 0.3 is 12.0 Å². The van der Waals surface area contributed by atoms with Gasteiger partial charge in [-0.15, -0.1) is 0 Å². The van der Waals surface area contributed by atoms with E-state index in [9.17, 15) is 9.59 Å². The SMILES string of the molecule is CCN(CC(=O)O)C(=O)NC1CC2CCC1O2. The number of hydrogen-bond donors (Lipinski definition) is 2. The standard InChI is InChI=1S/C11H18N2O4/c1-2-13(6-10(14)15)11(16)12-8-5-7-3-4-9(8)17-7/h7-9H,2-6H2,1H3,(H,12,16)(H,14,15). The van der Waals surface area contributed by atoms with Gasteiger partial charge in [-0.2, -0.15) is 0 Å². The second-order valence-electron chi connectivity index (χ2n) is 4.57. The van der Waals surface area contributed by atoms with Gasteiger partial charge in [0.1, 0.15) is 6.54 Å². The number of aliphatic carboxylic acids is 1. The van der Waals surface area contributed by atoms with E-state index in [-0.39, 0.29) is 30.8 Å². The second-order valence-corrected chi connectivity index (χ2v) is 4.57. The van der Waals surface area contributed by atoms with Crippen LogP contribution in [0.15, 0.2) is 0 Å². The zero-order valence-corrected chi connectivity index (χ0v) is 9.89. The van der Waals surface area contributed by atoms with E-state index in [2.05, 4.69) is 5.32 Å². The molecule has 0 saturated carbocycles. The van der Waals surface area contributed by atoms with Crippen molar-refractivity contribution < 1.29 is 19.4 Å². The van der Waals surface area contributed by atoms with Crippen molar-refractivity contribution in [3.8, 4) is 0 Å². The smallest absolute Gasteiger partial charge is 0.323 e. The van der Waals surface area contributed by atoms with Crippen molar-refractivity contribution in [3.05, 3.63) is 0 Å². The molecule has 2 saturated heterocycles. The highest BCUT2D eigenvalue weighted by molar-refractivity contribution is 5.80. The van der Waals surface area contributed by atoms with Crippen molar-refractivity contribution in [2.75, 3.05) is 13.1 Å². The van der Waals surface area contributed by atoms with Crippen LogP contribution in [0.25, 0.3) is 0 Å². The second kappa shape index (κ2) is 4.91. The molecule has 0 aromatic rings. The summed E-state index contributed by atoms with van der Waals surface area (Å²) in [6.07, 6.45) is 3.30. The number of nitrogens with one attached hydrogen (secondary N) is 1. The maximum absolute atomic E-state index is 11.8. The molecule has 0 aliphatic carbocycles. The molecule has 6 nitrogen and oxygen atoms in total. The van der Waals surface area contributed by atoms with E-state index < -0.39 is 5.97 Å². The Balaban J connectivity index is 1.85. The minimum atomic E-state index is -0.994. The van der Waals surface area contributed by atoms with Crippen molar-refractivity contribution in [2.24, 2.45) is 0 Å². The van der Waals surface area contributed by atoms with Crippen LogP contribution < -0.4 is 5.32 Å². The fraction of sp³-hybridized carbons (Fsp3) is 0.818. The Labute approximate surface area is 99.9 Å². The van der Waals surface area contributed by atoms with E-state index in [4.69, 9.17) is 9.84 Å². The van der Waals surface area contributed by atoms with Crippen LogP contribution in [0, 0.1) is 0 Å². The summed E-state index contributed by atoms with van der Waals surface area (Å²) >= 11 is 0. The zero-order chi connectivity index (χ0) is 12.4. The number of hydrogen-bond acceptors (Lipinski definition) is 3. The summed E-state index contributed by atoms with van der Waals surface area (Å²) in [6, 6.07) is -0.264. The molecule has 0 spiro atoms. The molecule has 0 aromatic carbocycles. The molecule has 6 heteroatoms. The lowest BCUT2D eigenvalue weighted by Gasteiger charge is -2.25. The van der Waals surface area contributed by atoms with Crippen LogP contribution in [0.3, 0.4) is 0 Å². The average Bonchev–Trinajstić information content (AvgIpc) is 2.87. The molecule has 3 unspecified atom stereocenters. The van der Waals surface area contributed by atoms with Crippen LogP contribution in [0.2, 0.25) is 0 Å². The number of nitrogens with zero attached hydrogens (tertiary/aromatic N) is 1. The molecule has 0 aromatic heterocycles. The van der Waals surface area contributed by atoms with Crippen LogP contribution in [-0.2, 0) is 9.53 Å². The highest BCUT2D eigenvalue weighted by Crippen LogP contribution is 2.34. The maximum atomic E-state index is 11.8. The number of carboxylic acids is 1. The molecule has 2 rings (SSSR count). The number of fused-ring (bicyclic) bond motifs is 2. The lowest BCUT2D eigenvalue weighted by atomic mass is 9.96. The number of urea groups is 1. The topological polar surface area (TPSA) is 78.9 Å². The Morgan fingerprint density at radius 1 is 1.47 bits per heavy atom. The molecular weight excluding hydrogens is 224 g/mol. The molecule has 2 amide bonds. The lowest BCUT2D eigenvalue weighted by Crippen LogP contribution is -2.49. The molecule has 2 aliphatic heterocycles. The number of ether oxygens (including phenoxy) is 1. The highest BCUT2D eigenvalue weighted by atomic mass is 16.5. The summed E-state index contributed by atoms with van der Waals surface area (Å²) in [5.74, 6) is -0.994. The molecule has 2 bridgehead atoms. The minimum absolute atomic E-state index is 0.0455. The van der Waals surface area contributed by atoms with E-state index in [0.717, 1.165) is 19.3 Å². The normalized spacial score (nSPS) is 30.3. The quantitative estimate of drug-likeness (QED) is 0.749. The third kappa shape index (κ3) is 2.69. The molecular formula is C11H18N2O4. The maximum Gasteiger partial charge on any atom is 0.323 e. The largest absolute Gasteiger partial charge is 0.480 e. The Hall–Kier alpha value is -1.30. The lowest BCUT2D eigenvalue weighted by molar-refractivity contribution is -0.137. The van der Waals surface area contributed by atoms with Crippen LogP contribution in [0.4, 0.5) is 4.79 Å². The highest BCUT2D eigenvalue weighted by Gasteiger charge is 2.41. The first-order chi connectivity index (χ1) is 8.10. The van der Waals surface area contributed by atoms with E-state index >= 15 is 0 Å². The minimum Gasteiger partial charge on any atom is -0.480 e. The number of carbonyl (C=O) groups excluding carboxylic acids is 1. The first kappa shape index (κ1) is 12.2. The number of carbonyl (C=O) groups is 2. The molecule has 2 fully saturated rings. The van der Waals surface area contributed by atoms with Crippen molar-refractivity contribution in [2.45, 2.75) is 44.4 Å². The Bertz CT molecular complexity index is 321. The van der Waals surface area contributed by atoms with Crippen molar-refractivity contribution in [3.63, 3.8) is 0 Å². The van der Waals surface area contributed by atoms with Gasteiger partial charge in [-0.3, -0.25) is 4.79 Å². The Morgan fingerprint density at radius 2 is 2.24 bits per heavy atom. The predicted octanol–water partition coefficient (Wildman–Crippen LogP) is 0.422. The van der Waals surface area contributed by atoms with E-state index in [1.54, 1.807) is 6.92 Å². The van der Waals surface area contributed by atoms with Crippen molar-refractivity contribution in [1.29, 1.82) is 0 Å². The first-order valence-electron chi connectivity index (χ1n) is 6.02. The monoisotopic (exact) mass is 242 g/mol. The van der Waals surface area contributed by atoms with Crippen LogP contribution in [-0.4, -0.2) is 53.3 Å². The summed E-state index contributed by atoms with van der Waals surface area (Å²) in [7, 11) is 0. The molecule has 0 radical (unpaired) electrons. The van der Waals surface area contributed by atoms with Crippen LogP contribution in [0.1, 0.15) is 26.2 Å². The van der Waals surface area contributed by atoms with E-state index in [0.29, 0.717) is 6.54 Å². The van der Waals surface area contributed by atoms with Gasteiger partial charge in [0, 0.05) is 6.54 Å². The Morgan fingerprint density at radius 3 is 2.71 bits per heavy atom. The fourth-order valence-corrected chi connectivity index (χ4v) is 2.53. The van der Waals surface area contributed by atoms with Gasteiger partial charge in [0.25, 0.3) is 0 Å². The third-order valence-electron chi connectivity index (χ3n) is 3.41. The van der Waals surface area contributed by atoms with Crippen molar-refractivity contribution >= 4 is 12.0 Å². The summed E-state index contributed by atoms with van der Waals surface area (Å²) in [5, 5.41) is 11.5. The van der Waals surface area contributed by atoms with E-state index in [1.807, 2.05) is 0 Å².